The fourth-order valence-corrected chi connectivity index (χ4v) is 3.05. The van der Waals surface area contributed by atoms with Crippen molar-refractivity contribution in [1.29, 1.82) is 0 Å². The fraction of sp³-hybridized carbons (Fsp3) is 0.550. The highest BCUT2D eigenvalue weighted by Gasteiger charge is 2.22. The van der Waals surface area contributed by atoms with Gasteiger partial charge in [-0.3, -0.25) is 19.3 Å². The van der Waals surface area contributed by atoms with E-state index in [9.17, 15) is 14.4 Å². The van der Waals surface area contributed by atoms with Gasteiger partial charge < -0.3 is 15.1 Å². The molecule has 1 atom stereocenters. The molecule has 0 bridgehead atoms. The molecule has 0 spiro atoms. The van der Waals surface area contributed by atoms with Crippen LogP contribution in [-0.2, 0) is 9.59 Å². The Hall–Kier alpha value is -2.41. The SMILES string of the molecule is CC(CC(=O)N1CCCN(CC(=O)N(C)C)CC1)NC(=O)c1ccccc1. The normalized spacial score (nSPS) is 16.3. The molecule has 148 valence electrons. The first-order valence-electron chi connectivity index (χ1n) is 9.43. The lowest BCUT2D eigenvalue weighted by Crippen LogP contribution is -2.41. The Morgan fingerprint density at radius 3 is 2.44 bits per heavy atom. The number of nitrogens with zero attached hydrogens (tertiary/aromatic N) is 3. The predicted octanol–water partition coefficient (Wildman–Crippen LogP) is 0.818. The Labute approximate surface area is 161 Å². The summed E-state index contributed by atoms with van der Waals surface area (Å²) in [6.45, 7) is 5.03. The Balaban J connectivity index is 1.80. The first-order valence-corrected chi connectivity index (χ1v) is 9.43. The van der Waals surface area contributed by atoms with Crippen molar-refractivity contribution in [3.63, 3.8) is 0 Å². The van der Waals surface area contributed by atoms with Crippen molar-refractivity contribution < 1.29 is 14.4 Å². The Bertz CT molecular complexity index is 648. The highest BCUT2D eigenvalue weighted by atomic mass is 16.2. The summed E-state index contributed by atoms with van der Waals surface area (Å²) in [7, 11) is 3.50. The van der Waals surface area contributed by atoms with Gasteiger partial charge in [0, 0.05) is 58.3 Å². The van der Waals surface area contributed by atoms with Gasteiger partial charge in [-0.15, -0.1) is 0 Å². The van der Waals surface area contributed by atoms with Gasteiger partial charge in [-0.25, -0.2) is 0 Å². The molecule has 1 N–H and O–H groups in total. The molecule has 0 aromatic heterocycles. The number of amides is 3. The third-order valence-electron chi connectivity index (χ3n) is 4.69. The van der Waals surface area contributed by atoms with Gasteiger partial charge in [0.05, 0.1) is 6.54 Å². The van der Waals surface area contributed by atoms with Gasteiger partial charge in [0.2, 0.25) is 11.8 Å². The minimum Gasteiger partial charge on any atom is -0.349 e. The van der Waals surface area contributed by atoms with Crippen molar-refractivity contribution in [3.8, 4) is 0 Å². The standard InChI is InChI=1S/C20H30N4O3/c1-16(21-20(27)17-8-5-4-6-9-17)14-18(25)24-11-7-10-23(12-13-24)15-19(26)22(2)3/h4-6,8-9,16H,7,10-15H2,1-3H3,(H,21,27). The van der Waals surface area contributed by atoms with E-state index in [4.69, 9.17) is 0 Å². The summed E-state index contributed by atoms with van der Waals surface area (Å²) in [4.78, 5) is 42.2. The zero-order chi connectivity index (χ0) is 19.8. The molecular formula is C20H30N4O3. The van der Waals surface area contributed by atoms with Gasteiger partial charge in [0.15, 0.2) is 0 Å². The van der Waals surface area contributed by atoms with Crippen LogP contribution >= 0.6 is 0 Å². The second-order valence-electron chi connectivity index (χ2n) is 7.24. The number of carbonyl (C=O) groups excluding carboxylic acids is 3. The molecule has 1 aliphatic rings. The average Bonchev–Trinajstić information content (AvgIpc) is 2.87. The Kier molecular flexibility index (Phi) is 7.79. The van der Waals surface area contributed by atoms with Gasteiger partial charge in [-0.1, -0.05) is 18.2 Å². The van der Waals surface area contributed by atoms with E-state index in [-0.39, 0.29) is 30.2 Å². The van der Waals surface area contributed by atoms with Crippen molar-refractivity contribution in [2.24, 2.45) is 0 Å². The summed E-state index contributed by atoms with van der Waals surface area (Å²) in [6.07, 6.45) is 1.12. The van der Waals surface area contributed by atoms with Crippen LogP contribution in [0.5, 0.6) is 0 Å². The minimum atomic E-state index is -0.236. The van der Waals surface area contributed by atoms with Crippen LogP contribution in [0, 0.1) is 0 Å². The molecule has 7 heteroatoms. The molecule has 1 aromatic rings. The molecule has 3 amide bonds. The Morgan fingerprint density at radius 1 is 1.07 bits per heavy atom. The second kappa shape index (κ2) is 10.1. The number of likely N-dealkylation sites (N-methyl/N-ethyl adjacent to an activating group) is 1. The largest absolute Gasteiger partial charge is 0.349 e. The Morgan fingerprint density at radius 2 is 1.78 bits per heavy atom. The fourth-order valence-electron chi connectivity index (χ4n) is 3.05. The summed E-state index contributed by atoms with van der Waals surface area (Å²) in [5.74, 6) is -0.0520. The van der Waals surface area contributed by atoms with Gasteiger partial charge in [-0.05, 0) is 25.5 Å². The summed E-state index contributed by atoms with van der Waals surface area (Å²) in [5, 5.41) is 2.88. The smallest absolute Gasteiger partial charge is 0.251 e. The van der Waals surface area contributed by atoms with E-state index in [2.05, 4.69) is 10.2 Å². The van der Waals surface area contributed by atoms with Crippen molar-refractivity contribution in [3.05, 3.63) is 35.9 Å². The van der Waals surface area contributed by atoms with Crippen LogP contribution in [0.1, 0.15) is 30.1 Å². The highest BCUT2D eigenvalue weighted by molar-refractivity contribution is 5.94. The third kappa shape index (κ3) is 6.67. The maximum absolute atomic E-state index is 12.6. The van der Waals surface area contributed by atoms with Gasteiger partial charge in [0.1, 0.15) is 0 Å². The van der Waals surface area contributed by atoms with E-state index in [1.54, 1.807) is 31.1 Å². The summed E-state index contributed by atoms with van der Waals surface area (Å²) < 4.78 is 0. The van der Waals surface area contributed by atoms with Crippen LogP contribution in [0.3, 0.4) is 0 Å². The zero-order valence-electron chi connectivity index (χ0n) is 16.5. The summed E-state index contributed by atoms with van der Waals surface area (Å²) in [5.41, 5.74) is 0.591. The average molecular weight is 374 g/mol. The van der Waals surface area contributed by atoms with Crippen LogP contribution in [0.15, 0.2) is 30.3 Å². The van der Waals surface area contributed by atoms with E-state index in [0.29, 0.717) is 31.7 Å². The minimum absolute atomic E-state index is 0.0386. The van der Waals surface area contributed by atoms with Gasteiger partial charge >= 0.3 is 0 Å². The number of benzene rings is 1. The maximum Gasteiger partial charge on any atom is 0.251 e. The van der Waals surface area contributed by atoms with Gasteiger partial charge in [0.25, 0.3) is 5.91 Å². The van der Waals surface area contributed by atoms with Crippen LogP contribution < -0.4 is 5.32 Å². The number of carbonyl (C=O) groups is 3. The predicted molar refractivity (Wildman–Crippen MR) is 104 cm³/mol. The first-order chi connectivity index (χ1) is 12.9. The van der Waals surface area contributed by atoms with Crippen molar-refractivity contribution in [1.82, 2.24) is 20.0 Å². The van der Waals surface area contributed by atoms with Crippen molar-refractivity contribution in [2.45, 2.75) is 25.8 Å². The quantitative estimate of drug-likeness (QED) is 0.800. The molecule has 27 heavy (non-hydrogen) atoms. The number of rotatable bonds is 6. The molecule has 1 heterocycles. The van der Waals surface area contributed by atoms with E-state index >= 15 is 0 Å². The zero-order valence-corrected chi connectivity index (χ0v) is 16.5. The molecule has 2 rings (SSSR count). The lowest BCUT2D eigenvalue weighted by molar-refractivity contribution is -0.131. The molecule has 0 aliphatic carbocycles. The summed E-state index contributed by atoms with van der Waals surface area (Å²) in [6, 6.07) is 8.76. The lowest BCUT2D eigenvalue weighted by atomic mass is 10.1. The number of hydrogen-bond acceptors (Lipinski definition) is 4. The number of hydrogen-bond donors (Lipinski definition) is 1. The van der Waals surface area contributed by atoms with Crippen LogP contribution in [-0.4, -0.2) is 85.3 Å². The van der Waals surface area contributed by atoms with Crippen LogP contribution in [0.2, 0.25) is 0 Å². The topological polar surface area (TPSA) is 73.0 Å². The molecule has 1 aliphatic heterocycles. The molecule has 0 saturated carbocycles. The van der Waals surface area contributed by atoms with Gasteiger partial charge in [-0.2, -0.15) is 0 Å². The van der Waals surface area contributed by atoms with Crippen molar-refractivity contribution in [2.75, 3.05) is 46.8 Å². The van der Waals surface area contributed by atoms with E-state index < -0.39 is 0 Å². The third-order valence-corrected chi connectivity index (χ3v) is 4.69. The molecule has 1 saturated heterocycles. The monoisotopic (exact) mass is 374 g/mol. The molecule has 0 radical (unpaired) electrons. The number of nitrogens with one attached hydrogen (secondary N) is 1. The molecular weight excluding hydrogens is 344 g/mol. The van der Waals surface area contributed by atoms with Crippen LogP contribution in [0.4, 0.5) is 0 Å². The van der Waals surface area contributed by atoms with E-state index in [1.807, 2.05) is 30.0 Å². The second-order valence-corrected chi connectivity index (χ2v) is 7.24. The molecule has 7 nitrogen and oxygen atoms in total. The maximum atomic E-state index is 12.6. The molecule has 1 aromatic carbocycles. The van der Waals surface area contributed by atoms with Crippen molar-refractivity contribution >= 4 is 17.7 Å². The first kappa shape index (κ1) is 20.9. The molecule has 1 unspecified atom stereocenters. The van der Waals surface area contributed by atoms with Crippen LogP contribution in [0.25, 0.3) is 0 Å². The molecule has 1 fully saturated rings. The lowest BCUT2D eigenvalue weighted by Gasteiger charge is -2.24. The summed E-state index contributed by atoms with van der Waals surface area (Å²) >= 11 is 0. The van der Waals surface area contributed by atoms with E-state index in [1.165, 1.54) is 0 Å². The highest BCUT2D eigenvalue weighted by Crippen LogP contribution is 2.07. The van der Waals surface area contributed by atoms with E-state index in [0.717, 1.165) is 13.0 Å².